The summed E-state index contributed by atoms with van der Waals surface area (Å²) in [6, 6.07) is 0. The number of hydrogen-bond acceptors (Lipinski definition) is 4. The van der Waals surface area contributed by atoms with Crippen molar-refractivity contribution in [1.82, 2.24) is 4.90 Å². The Hall–Kier alpha value is -0.810. The van der Waals surface area contributed by atoms with Crippen molar-refractivity contribution in [2.24, 2.45) is 0 Å². The topological polar surface area (TPSA) is 59.0 Å². The molecule has 0 aromatic rings. The Balaban J connectivity index is 2.74. The molecule has 0 bridgehead atoms. The summed E-state index contributed by atoms with van der Waals surface area (Å²) in [4.78, 5) is 13.6. The molecule has 1 fully saturated rings. The van der Waals surface area contributed by atoms with Crippen molar-refractivity contribution in [2.45, 2.75) is 58.3 Å². The molecule has 0 spiro atoms. The van der Waals surface area contributed by atoms with Crippen LogP contribution in [0.3, 0.4) is 0 Å². The van der Waals surface area contributed by atoms with Gasteiger partial charge in [-0.25, -0.2) is 4.79 Å². The van der Waals surface area contributed by atoms with Crippen molar-refractivity contribution in [3.05, 3.63) is 0 Å². The molecule has 2 atom stereocenters. The quantitative estimate of drug-likeness (QED) is 0.780. The fraction of sp³-hybridized carbons (Fsp3) is 0.923. The second kappa shape index (κ2) is 5.45. The molecule has 0 radical (unpaired) electrons. The van der Waals surface area contributed by atoms with Gasteiger partial charge in [-0.05, 0) is 34.1 Å². The zero-order valence-electron chi connectivity index (χ0n) is 12.0. The van der Waals surface area contributed by atoms with Gasteiger partial charge in [-0.3, -0.25) is 0 Å². The number of nitrogens with zero attached hydrogens (tertiary/aromatic N) is 1. The predicted octanol–water partition coefficient (Wildman–Crippen LogP) is 1.78. The summed E-state index contributed by atoms with van der Waals surface area (Å²) in [5, 5.41) is 10.1. The normalized spacial score (nSPS) is 29.9. The molecule has 18 heavy (non-hydrogen) atoms. The van der Waals surface area contributed by atoms with E-state index < -0.39 is 17.3 Å². The molecule has 1 aliphatic heterocycles. The van der Waals surface area contributed by atoms with Gasteiger partial charge >= 0.3 is 6.09 Å². The van der Waals surface area contributed by atoms with E-state index in [4.69, 9.17) is 9.47 Å². The van der Waals surface area contributed by atoms with Crippen LogP contribution in [0.1, 0.15) is 41.0 Å². The van der Waals surface area contributed by atoms with Gasteiger partial charge in [0.2, 0.25) is 0 Å². The third kappa shape index (κ3) is 4.82. The molecule has 1 N–H and O–H groups in total. The van der Waals surface area contributed by atoms with Gasteiger partial charge in [0.1, 0.15) is 11.2 Å². The van der Waals surface area contributed by atoms with Crippen LogP contribution in [-0.2, 0) is 9.47 Å². The standard InChI is InChI=1S/C13H25NO4/c1-6-10-7-14(8-13(5,16)9-17-10)11(15)18-12(2,3)4/h10,16H,6-9H2,1-5H3/t10-,13+/m1/s1. The van der Waals surface area contributed by atoms with E-state index in [9.17, 15) is 9.90 Å². The molecule has 0 saturated carbocycles. The van der Waals surface area contributed by atoms with E-state index in [0.717, 1.165) is 6.42 Å². The minimum absolute atomic E-state index is 0.0495. The number of hydrogen-bond donors (Lipinski definition) is 1. The van der Waals surface area contributed by atoms with Crippen LogP contribution >= 0.6 is 0 Å². The van der Waals surface area contributed by atoms with Crippen LogP contribution in [0, 0.1) is 0 Å². The minimum Gasteiger partial charge on any atom is -0.444 e. The highest BCUT2D eigenvalue weighted by Gasteiger charge is 2.35. The van der Waals surface area contributed by atoms with E-state index in [1.807, 2.05) is 27.7 Å². The molecule has 0 aromatic heterocycles. The molecule has 0 unspecified atom stereocenters. The van der Waals surface area contributed by atoms with Crippen LogP contribution in [0.15, 0.2) is 0 Å². The molecular weight excluding hydrogens is 234 g/mol. The van der Waals surface area contributed by atoms with Gasteiger partial charge in [0.25, 0.3) is 0 Å². The fourth-order valence-electron chi connectivity index (χ4n) is 1.83. The molecule has 0 aliphatic carbocycles. The number of β-amino-alcohol motifs (C(OH)–C–C–N with tert-alkyl or cyclic N) is 1. The van der Waals surface area contributed by atoms with E-state index >= 15 is 0 Å². The van der Waals surface area contributed by atoms with Gasteiger partial charge in [-0.2, -0.15) is 0 Å². The van der Waals surface area contributed by atoms with Crippen LogP contribution in [0.4, 0.5) is 4.79 Å². The van der Waals surface area contributed by atoms with Gasteiger partial charge in [0.05, 0.1) is 25.8 Å². The average Bonchev–Trinajstić information content (AvgIpc) is 2.34. The third-order valence-electron chi connectivity index (χ3n) is 2.69. The van der Waals surface area contributed by atoms with E-state index in [2.05, 4.69) is 0 Å². The van der Waals surface area contributed by atoms with Crippen LogP contribution < -0.4 is 0 Å². The maximum Gasteiger partial charge on any atom is 0.410 e. The molecule has 5 nitrogen and oxygen atoms in total. The van der Waals surface area contributed by atoms with Crippen molar-refractivity contribution in [1.29, 1.82) is 0 Å². The van der Waals surface area contributed by atoms with Crippen LogP contribution in [-0.4, -0.2) is 53.1 Å². The van der Waals surface area contributed by atoms with E-state index in [1.165, 1.54) is 4.90 Å². The lowest BCUT2D eigenvalue weighted by Crippen LogP contribution is -2.46. The maximum absolute atomic E-state index is 12.1. The number of carbonyl (C=O) groups is 1. The summed E-state index contributed by atoms with van der Waals surface area (Å²) in [7, 11) is 0. The Labute approximate surface area is 109 Å². The Morgan fingerprint density at radius 2 is 2.17 bits per heavy atom. The zero-order valence-corrected chi connectivity index (χ0v) is 12.0. The van der Waals surface area contributed by atoms with E-state index in [0.29, 0.717) is 6.54 Å². The second-order valence-corrected chi connectivity index (χ2v) is 6.20. The van der Waals surface area contributed by atoms with Crippen LogP contribution in [0.2, 0.25) is 0 Å². The molecule has 1 aliphatic rings. The van der Waals surface area contributed by atoms with Gasteiger partial charge < -0.3 is 19.5 Å². The average molecular weight is 259 g/mol. The number of aliphatic hydroxyl groups is 1. The summed E-state index contributed by atoms with van der Waals surface area (Å²) in [6.07, 6.45) is 0.355. The Morgan fingerprint density at radius 3 is 2.67 bits per heavy atom. The third-order valence-corrected chi connectivity index (χ3v) is 2.69. The molecular formula is C13H25NO4. The second-order valence-electron chi connectivity index (χ2n) is 6.20. The van der Waals surface area contributed by atoms with Crippen molar-refractivity contribution in [2.75, 3.05) is 19.7 Å². The highest BCUT2D eigenvalue weighted by Crippen LogP contribution is 2.19. The Kier molecular flexibility index (Phi) is 4.61. The van der Waals surface area contributed by atoms with Crippen molar-refractivity contribution < 1.29 is 19.4 Å². The van der Waals surface area contributed by atoms with Crippen molar-refractivity contribution >= 4 is 6.09 Å². The minimum atomic E-state index is -1.03. The molecule has 106 valence electrons. The molecule has 1 amide bonds. The number of ether oxygens (including phenoxy) is 2. The highest BCUT2D eigenvalue weighted by molar-refractivity contribution is 5.68. The Morgan fingerprint density at radius 1 is 1.56 bits per heavy atom. The first kappa shape index (κ1) is 15.2. The fourth-order valence-corrected chi connectivity index (χ4v) is 1.83. The lowest BCUT2D eigenvalue weighted by Gasteiger charge is -2.30. The molecule has 1 heterocycles. The van der Waals surface area contributed by atoms with Crippen molar-refractivity contribution in [3.8, 4) is 0 Å². The van der Waals surface area contributed by atoms with E-state index in [1.54, 1.807) is 6.92 Å². The lowest BCUT2D eigenvalue weighted by molar-refractivity contribution is -0.0436. The first-order valence-corrected chi connectivity index (χ1v) is 6.45. The zero-order chi connectivity index (χ0) is 14.0. The summed E-state index contributed by atoms with van der Waals surface area (Å²) < 4.78 is 10.9. The monoisotopic (exact) mass is 259 g/mol. The van der Waals surface area contributed by atoms with Gasteiger partial charge in [0.15, 0.2) is 0 Å². The SMILES string of the molecule is CC[C@@H]1CN(C(=O)OC(C)(C)C)C[C@](C)(O)CO1. The highest BCUT2D eigenvalue weighted by atomic mass is 16.6. The Bertz CT molecular complexity index is 296. The van der Waals surface area contributed by atoms with Crippen molar-refractivity contribution in [3.63, 3.8) is 0 Å². The molecule has 0 aromatic carbocycles. The number of carbonyl (C=O) groups excluding carboxylic acids is 1. The summed E-state index contributed by atoms with van der Waals surface area (Å²) in [5.41, 5.74) is -1.56. The van der Waals surface area contributed by atoms with Gasteiger partial charge in [-0.15, -0.1) is 0 Å². The van der Waals surface area contributed by atoms with Gasteiger partial charge in [-0.1, -0.05) is 6.92 Å². The van der Waals surface area contributed by atoms with Gasteiger partial charge in [0, 0.05) is 0 Å². The first-order valence-electron chi connectivity index (χ1n) is 6.45. The van der Waals surface area contributed by atoms with E-state index in [-0.39, 0.29) is 19.3 Å². The molecule has 5 heteroatoms. The largest absolute Gasteiger partial charge is 0.444 e. The summed E-state index contributed by atoms with van der Waals surface area (Å²) in [5.74, 6) is 0. The number of rotatable bonds is 1. The lowest BCUT2D eigenvalue weighted by atomic mass is 10.1. The number of amides is 1. The summed E-state index contributed by atoms with van der Waals surface area (Å²) in [6.45, 7) is 10.1. The smallest absolute Gasteiger partial charge is 0.410 e. The van der Waals surface area contributed by atoms with Crippen LogP contribution in [0.5, 0.6) is 0 Å². The molecule has 1 saturated heterocycles. The predicted molar refractivity (Wildman–Crippen MR) is 68.5 cm³/mol. The van der Waals surface area contributed by atoms with Crippen LogP contribution in [0.25, 0.3) is 0 Å². The molecule has 1 rings (SSSR count). The first-order chi connectivity index (χ1) is 8.13. The maximum atomic E-state index is 12.1. The summed E-state index contributed by atoms with van der Waals surface area (Å²) >= 11 is 0.